The molecule has 0 fully saturated rings. The predicted octanol–water partition coefficient (Wildman–Crippen LogP) is 3.70. The third-order valence-electron chi connectivity index (χ3n) is 3.26. The van der Waals surface area contributed by atoms with Crippen LogP contribution < -0.4 is 14.2 Å². The molecule has 0 aliphatic heterocycles. The fourth-order valence-corrected chi connectivity index (χ4v) is 2.51. The lowest BCUT2D eigenvalue weighted by atomic mass is 9.94. The molecule has 20 heavy (non-hydrogen) atoms. The molecule has 6 heteroatoms. The van der Waals surface area contributed by atoms with Crippen LogP contribution in [-0.2, 0) is 0 Å². The van der Waals surface area contributed by atoms with Crippen LogP contribution in [0.25, 0.3) is 0 Å². The van der Waals surface area contributed by atoms with E-state index in [0.29, 0.717) is 33.7 Å². The van der Waals surface area contributed by atoms with Crippen molar-refractivity contribution in [3.05, 3.63) is 16.1 Å². The van der Waals surface area contributed by atoms with Gasteiger partial charge in [-0.1, -0.05) is 6.92 Å². The summed E-state index contributed by atoms with van der Waals surface area (Å²) in [5.74, 6) is 1.26. The smallest absolute Gasteiger partial charge is 0.180 e. The summed E-state index contributed by atoms with van der Waals surface area (Å²) >= 11 is 3.40. The van der Waals surface area contributed by atoms with E-state index in [1.807, 2.05) is 13.8 Å². The number of ketones is 1. The van der Waals surface area contributed by atoms with Crippen molar-refractivity contribution in [2.45, 2.75) is 25.4 Å². The molecule has 0 spiro atoms. The van der Waals surface area contributed by atoms with E-state index in [4.69, 9.17) is 14.2 Å². The van der Waals surface area contributed by atoms with Crippen molar-refractivity contribution >= 4 is 31.0 Å². The normalized spacial score (nSPS) is 13.6. The van der Waals surface area contributed by atoms with Gasteiger partial charge in [-0.05, 0) is 29.3 Å². The molecule has 0 N–H and O–H groups in total. The molecular formula is C14H20BrO4P. The summed E-state index contributed by atoms with van der Waals surface area (Å²) in [6, 6.07) is 1.72. The van der Waals surface area contributed by atoms with Crippen molar-refractivity contribution in [1.29, 1.82) is 0 Å². The molecule has 4 nitrogen and oxygen atoms in total. The summed E-state index contributed by atoms with van der Waals surface area (Å²) < 4.78 is 16.7. The van der Waals surface area contributed by atoms with Gasteiger partial charge in [-0.15, -0.1) is 9.24 Å². The van der Waals surface area contributed by atoms with Crippen LogP contribution >= 0.6 is 25.2 Å². The number of Topliss-reactive ketones (excluding diaryl/α,β-unsaturated/α-hetero) is 1. The Hall–Kier alpha value is -0.800. The monoisotopic (exact) mass is 362 g/mol. The molecule has 0 amide bonds. The zero-order valence-electron chi connectivity index (χ0n) is 12.4. The number of rotatable bonds is 6. The molecule has 0 heterocycles. The maximum atomic E-state index is 12.8. The number of hydrogen-bond donors (Lipinski definition) is 0. The van der Waals surface area contributed by atoms with E-state index < -0.39 is 5.16 Å². The van der Waals surface area contributed by atoms with Crippen LogP contribution in [0.15, 0.2) is 10.5 Å². The minimum Gasteiger partial charge on any atom is -0.495 e. The van der Waals surface area contributed by atoms with Gasteiger partial charge in [0.25, 0.3) is 0 Å². The quantitative estimate of drug-likeness (QED) is 0.571. The van der Waals surface area contributed by atoms with Gasteiger partial charge in [0.15, 0.2) is 17.3 Å². The summed E-state index contributed by atoms with van der Waals surface area (Å²) in [7, 11) is 7.16. The SMILES string of the molecule is CCC(C)(P)C(=O)c1c(OC)c(Br)cc(OC)c1OC. The van der Waals surface area contributed by atoms with E-state index in [0.717, 1.165) is 0 Å². The van der Waals surface area contributed by atoms with Crippen LogP contribution in [0.5, 0.6) is 17.2 Å². The molecule has 1 rings (SSSR count). The molecule has 112 valence electrons. The van der Waals surface area contributed by atoms with Crippen molar-refractivity contribution < 1.29 is 19.0 Å². The average molecular weight is 363 g/mol. The topological polar surface area (TPSA) is 44.8 Å². The Kier molecular flexibility index (Phi) is 5.84. The van der Waals surface area contributed by atoms with E-state index >= 15 is 0 Å². The Balaban J connectivity index is 3.64. The van der Waals surface area contributed by atoms with Gasteiger partial charge in [0.1, 0.15) is 11.3 Å². The lowest BCUT2D eigenvalue weighted by Gasteiger charge is -2.24. The van der Waals surface area contributed by atoms with Gasteiger partial charge in [0.2, 0.25) is 0 Å². The fourth-order valence-electron chi connectivity index (χ4n) is 1.80. The zero-order chi connectivity index (χ0) is 15.5. The minimum atomic E-state index is -0.591. The Morgan fingerprint density at radius 3 is 2.20 bits per heavy atom. The molecule has 1 aromatic carbocycles. The minimum absolute atomic E-state index is 0.0710. The summed E-state index contributed by atoms with van der Waals surface area (Å²) in [5.41, 5.74) is 0.389. The first-order chi connectivity index (χ1) is 9.33. The molecular weight excluding hydrogens is 343 g/mol. The molecule has 0 aliphatic carbocycles. The summed E-state index contributed by atoms with van der Waals surface area (Å²) in [5, 5.41) is -0.591. The van der Waals surface area contributed by atoms with Crippen LogP contribution in [0.1, 0.15) is 30.6 Å². The number of hydrogen-bond acceptors (Lipinski definition) is 4. The predicted molar refractivity (Wildman–Crippen MR) is 86.5 cm³/mol. The second-order valence-electron chi connectivity index (χ2n) is 4.60. The standard InChI is InChI=1S/C14H20BrO4P/c1-6-14(2,20)13(16)10-11(18-4)8(15)7-9(17-3)12(10)19-5/h7H,6,20H2,1-5H3. The van der Waals surface area contributed by atoms with E-state index in [-0.39, 0.29) is 5.78 Å². The fraction of sp³-hybridized carbons (Fsp3) is 0.500. The molecule has 2 atom stereocenters. The molecule has 0 bridgehead atoms. The maximum absolute atomic E-state index is 12.8. The molecule has 0 saturated heterocycles. The Bertz CT molecular complexity index is 514. The molecule has 0 aromatic heterocycles. The molecule has 2 unspecified atom stereocenters. The Labute approximate surface area is 130 Å². The third-order valence-corrected chi connectivity index (χ3v) is 4.52. The van der Waals surface area contributed by atoms with Crippen LogP contribution in [0, 0.1) is 0 Å². The summed E-state index contributed by atoms with van der Waals surface area (Å²) in [6.07, 6.45) is 0.678. The first-order valence-corrected chi connectivity index (χ1v) is 7.53. The van der Waals surface area contributed by atoms with Gasteiger partial charge >= 0.3 is 0 Å². The first kappa shape index (κ1) is 17.3. The molecule has 0 radical (unpaired) electrons. The van der Waals surface area contributed by atoms with Crippen molar-refractivity contribution in [3.8, 4) is 17.2 Å². The van der Waals surface area contributed by atoms with Crippen molar-refractivity contribution in [3.63, 3.8) is 0 Å². The van der Waals surface area contributed by atoms with Crippen LogP contribution in [-0.4, -0.2) is 32.3 Å². The average Bonchev–Trinajstić information content (AvgIpc) is 2.44. The first-order valence-electron chi connectivity index (χ1n) is 6.16. The number of ether oxygens (including phenoxy) is 3. The second kappa shape index (κ2) is 6.77. The lowest BCUT2D eigenvalue weighted by Crippen LogP contribution is -2.28. The van der Waals surface area contributed by atoms with E-state index in [1.165, 1.54) is 21.3 Å². The highest BCUT2D eigenvalue weighted by molar-refractivity contribution is 9.10. The number of methoxy groups -OCH3 is 3. The van der Waals surface area contributed by atoms with E-state index in [2.05, 4.69) is 25.2 Å². The maximum Gasteiger partial charge on any atom is 0.180 e. The Morgan fingerprint density at radius 2 is 1.80 bits per heavy atom. The molecule has 1 aromatic rings. The van der Waals surface area contributed by atoms with Gasteiger partial charge in [-0.2, -0.15) is 0 Å². The number of benzene rings is 1. The third kappa shape index (κ3) is 3.09. The number of halogens is 1. The van der Waals surface area contributed by atoms with E-state index in [9.17, 15) is 4.79 Å². The van der Waals surface area contributed by atoms with Crippen LogP contribution in [0.2, 0.25) is 0 Å². The van der Waals surface area contributed by atoms with Gasteiger partial charge in [0, 0.05) is 11.2 Å². The number of carbonyl (C=O) groups is 1. The highest BCUT2D eigenvalue weighted by Gasteiger charge is 2.34. The second-order valence-corrected chi connectivity index (χ2v) is 6.73. The van der Waals surface area contributed by atoms with Crippen molar-refractivity contribution in [1.82, 2.24) is 0 Å². The van der Waals surface area contributed by atoms with Crippen LogP contribution in [0.4, 0.5) is 0 Å². The van der Waals surface area contributed by atoms with Crippen LogP contribution in [0.3, 0.4) is 0 Å². The van der Waals surface area contributed by atoms with Crippen molar-refractivity contribution in [2.24, 2.45) is 0 Å². The molecule has 0 aliphatic rings. The lowest BCUT2D eigenvalue weighted by molar-refractivity contribution is 0.0940. The van der Waals surface area contributed by atoms with Crippen molar-refractivity contribution in [2.75, 3.05) is 21.3 Å². The Morgan fingerprint density at radius 1 is 1.25 bits per heavy atom. The highest BCUT2D eigenvalue weighted by atomic mass is 79.9. The van der Waals surface area contributed by atoms with Gasteiger partial charge in [-0.3, -0.25) is 4.79 Å². The summed E-state index contributed by atoms with van der Waals surface area (Å²) in [6.45, 7) is 3.82. The summed E-state index contributed by atoms with van der Waals surface area (Å²) in [4.78, 5) is 12.8. The van der Waals surface area contributed by atoms with Gasteiger partial charge in [0.05, 0.1) is 25.8 Å². The zero-order valence-corrected chi connectivity index (χ0v) is 15.1. The molecule has 0 saturated carbocycles. The number of carbonyl (C=O) groups excluding carboxylic acids is 1. The van der Waals surface area contributed by atoms with Gasteiger partial charge < -0.3 is 14.2 Å². The van der Waals surface area contributed by atoms with E-state index in [1.54, 1.807) is 6.07 Å². The highest BCUT2D eigenvalue weighted by Crippen LogP contribution is 2.45. The largest absolute Gasteiger partial charge is 0.495 e. The van der Waals surface area contributed by atoms with Gasteiger partial charge in [-0.25, -0.2) is 0 Å².